The molecule has 60 valence electrons. The van der Waals surface area contributed by atoms with E-state index in [0.717, 1.165) is 6.54 Å². The third-order valence-corrected chi connectivity index (χ3v) is 2.19. The van der Waals surface area contributed by atoms with Crippen LogP contribution in [0.2, 0.25) is 0 Å². The predicted molar refractivity (Wildman–Crippen MR) is 39.0 cm³/mol. The first-order chi connectivity index (χ1) is 5.21. The van der Waals surface area contributed by atoms with Crippen molar-refractivity contribution in [3.63, 3.8) is 0 Å². The number of aromatic nitrogens is 3. The van der Waals surface area contributed by atoms with Crippen molar-refractivity contribution in [2.75, 3.05) is 0 Å². The first-order valence-electron chi connectivity index (χ1n) is 3.71. The highest BCUT2D eigenvalue weighted by molar-refractivity contribution is 4.95. The predicted octanol–water partition coefficient (Wildman–Crippen LogP) is 0.456. The lowest BCUT2D eigenvalue weighted by Gasteiger charge is -2.03. The molecule has 2 rings (SSSR count). The summed E-state index contributed by atoms with van der Waals surface area (Å²) in [6.45, 7) is 4.95. The third kappa shape index (κ3) is 1.14. The van der Waals surface area contributed by atoms with Crippen molar-refractivity contribution in [1.82, 2.24) is 14.8 Å². The number of epoxide rings is 1. The summed E-state index contributed by atoms with van der Waals surface area (Å²) in [6, 6.07) is 0. The van der Waals surface area contributed by atoms with Crippen molar-refractivity contribution in [1.29, 1.82) is 0 Å². The molecule has 1 aliphatic heterocycles. The highest BCUT2D eigenvalue weighted by Crippen LogP contribution is 2.36. The van der Waals surface area contributed by atoms with Crippen molar-refractivity contribution < 1.29 is 4.74 Å². The summed E-state index contributed by atoms with van der Waals surface area (Å²) >= 11 is 0. The summed E-state index contributed by atoms with van der Waals surface area (Å²) in [4.78, 5) is 3.86. The Morgan fingerprint density at radius 1 is 1.73 bits per heavy atom. The molecule has 0 aromatic carbocycles. The molecule has 11 heavy (non-hydrogen) atoms. The lowest BCUT2D eigenvalue weighted by atomic mass is 10.1. The standard InChI is InChI=1S/C7H11N3O/c1-6-7(2,11-6)3-10-5-8-4-9-10/h4-6H,3H2,1-2H3. The molecule has 2 atom stereocenters. The molecular formula is C7H11N3O. The first kappa shape index (κ1) is 6.79. The summed E-state index contributed by atoms with van der Waals surface area (Å²) in [5.41, 5.74) is -0.00625. The van der Waals surface area contributed by atoms with Crippen molar-refractivity contribution in [3.8, 4) is 0 Å². The highest BCUT2D eigenvalue weighted by Gasteiger charge is 2.49. The smallest absolute Gasteiger partial charge is 0.137 e. The minimum atomic E-state index is -0.00625. The SMILES string of the molecule is CC1OC1(C)Cn1cncn1. The monoisotopic (exact) mass is 153 g/mol. The fourth-order valence-corrected chi connectivity index (χ4v) is 1.17. The van der Waals surface area contributed by atoms with Crippen molar-refractivity contribution in [2.45, 2.75) is 32.1 Å². The Balaban J connectivity index is 2.02. The zero-order valence-electron chi connectivity index (χ0n) is 6.69. The molecule has 0 radical (unpaired) electrons. The summed E-state index contributed by atoms with van der Waals surface area (Å²) in [7, 11) is 0. The van der Waals surface area contributed by atoms with Gasteiger partial charge in [0, 0.05) is 0 Å². The Morgan fingerprint density at radius 2 is 2.45 bits per heavy atom. The Labute approximate surface area is 65.2 Å². The number of hydrogen-bond acceptors (Lipinski definition) is 3. The molecule has 1 aliphatic rings. The van der Waals surface area contributed by atoms with Gasteiger partial charge in [-0.15, -0.1) is 0 Å². The molecule has 0 spiro atoms. The van der Waals surface area contributed by atoms with Gasteiger partial charge in [0.2, 0.25) is 0 Å². The average molecular weight is 153 g/mol. The van der Waals surface area contributed by atoms with E-state index in [1.165, 1.54) is 6.33 Å². The van der Waals surface area contributed by atoms with E-state index < -0.39 is 0 Å². The van der Waals surface area contributed by atoms with Crippen LogP contribution in [0.15, 0.2) is 12.7 Å². The van der Waals surface area contributed by atoms with Gasteiger partial charge in [0.15, 0.2) is 0 Å². The molecule has 1 aromatic heterocycles. The van der Waals surface area contributed by atoms with Gasteiger partial charge in [0.1, 0.15) is 18.3 Å². The fourth-order valence-electron chi connectivity index (χ4n) is 1.17. The molecular weight excluding hydrogens is 142 g/mol. The van der Waals surface area contributed by atoms with Crippen LogP contribution in [0.5, 0.6) is 0 Å². The largest absolute Gasteiger partial charge is 0.365 e. The number of hydrogen-bond donors (Lipinski definition) is 0. The lowest BCUT2D eigenvalue weighted by Crippen LogP contribution is -2.18. The second-order valence-corrected chi connectivity index (χ2v) is 3.17. The molecule has 0 bridgehead atoms. The van der Waals surface area contributed by atoms with Gasteiger partial charge in [-0.2, -0.15) is 5.10 Å². The van der Waals surface area contributed by atoms with Crippen LogP contribution in [0.4, 0.5) is 0 Å². The van der Waals surface area contributed by atoms with Crippen LogP contribution >= 0.6 is 0 Å². The molecule has 2 unspecified atom stereocenters. The van der Waals surface area contributed by atoms with Crippen molar-refractivity contribution >= 4 is 0 Å². The molecule has 0 amide bonds. The Hall–Kier alpha value is -0.900. The molecule has 0 saturated carbocycles. The van der Waals surface area contributed by atoms with E-state index in [4.69, 9.17) is 4.74 Å². The minimum Gasteiger partial charge on any atom is -0.365 e. The maximum Gasteiger partial charge on any atom is 0.137 e. The Kier molecular flexibility index (Phi) is 1.26. The van der Waals surface area contributed by atoms with E-state index in [9.17, 15) is 0 Å². The van der Waals surface area contributed by atoms with E-state index in [0.29, 0.717) is 6.10 Å². The van der Waals surface area contributed by atoms with Crippen LogP contribution in [0.1, 0.15) is 13.8 Å². The van der Waals surface area contributed by atoms with Gasteiger partial charge in [-0.3, -0.25) is 0 Å². The van der Waals surface area contributed by atoms with E-state index in [-0.39, 0.29) is 5.60 Å². The molecule has 1 saturated heterocycles. The van der Waals surface area contributed by atoms with E-state index in [1.807, 2.05) is 0 Å². The summed E-state index contributed by atoms with van der Waals surface area (Å²) < 4.78 is 7.18. The number of rotatable bonds is 2. The second kappa shape index (κ2) is 2.04. The molecule has 0 N–H and O–H groups in total. The normalized spacial score (nSPS) is 35.6. The van der Waals surface area contributed by atoms with Gasteiger partial charge in [-0.1, -0.05) is 0 Å². The minimum absolute atomic E-state index is 0.00625. The van der Waals surface area contributed by atoms with Gasteiger partial charge < -0.3 is 4.74 Å². The van der Waals surface area contributed by atoms with Crippen LogP contribution in [0, 0.1) is 0 Å². The lowest BCUT2D eigenvalue weighted by molar-refractivity contribution is 0.278. The molecule has 4 nitrogen and oxygen atoms in total. The van der Waals surface area contributed by atoms with Crippen molar-refractivity contribution in [2.24, 2.45) is 0 Å². The number of ether oxygens (including phenoxy) is 1. The van der Waals surface area contributed by atoms with Gasteiger partial charge in [-0.25, -0.2) is 9.67 Å². The Bertz CT molecular complexity index is 246. The summed E-state index contributed by atoms with van der Waals surface area (Å²) in [6.07, 6.45) is 3.60. The molecule has 2 heterocycles. The molecule has 1 fully saturated rings. The third-order valence-electron chi connectivity index (χ3n) is 2.19. The van der Waals surface area contributed by atoms with Crippen LogP contribution in [-0.4, -0.2) is 26.5 Å². The van der Waals surface area contributed by atoms with Crippen LogP contribution in [0.3, 0.4) is 0 Å². The summed E-state index contributed by atoms with van der Waals surface area (Å²) in [5.74, 6) is 0. The zero-order chi connectivity index (χ0) is 7.90. The van der Waals surface area contributed by atoms with E-state index >= 15 is 0 Å². The van der Waals surface area contributed by atoms with Gasteiger partial charge in [0.05, 0.1) is 12.6 Å². The average Bonchev–Trinajstić information content (AvgIpc) is 2.43. The van der Waals surface area contributed by atoms with Gasteiger partial charge in [0.25, 0.3) is 0 Å². The summed E-state index contributed by atoms with van der Waals surface area (Å²) in [5, 5.41) is 4.00. The van der Waals surface area contributed by atoms with Crippen LogP contribution in [0.25, 0.3) is 0 Å². The van der Waals surface area contributed by atoms with Gasteiger partial charge in [-0.05, 0) is 13.8 Å². The molecule has 1 aromatic rings. The maximum absolute atomic E-state index is 5.39. The molecule has 4 heteroatoms. The Morgan fingerprint density at radius 3 is 2.91 bits per heavy atom. The quantitative estimate of drug-likeness (QED) is 0.579. The van der Waals surface area contributed by atoms with E-state index in [1.54, 1.807) is 11.0 Å². The molecule has 0 aliphatic carbocycles. The van der Waals surface area contributed by atoms with Crippen molar-refractivity contribution in [3.05, 3.63) is 12.7 Å². The number of nitrogens with zero attached hydrogens (tertiary/aromatic N) is 3. The fraction of sp³-hybridized carbons (Fsp3) is 0.714. The highest BCUT2D eigenvalue weighted by atomic mass is 16.6. The second-order valence-electron chi connectivity index (χ2n) is 3.17. The van der Waals surface area contributed by atoms with Crippen LogP contribution in [-0.2, 0) is 11.3 Å². The topological polar surface area (TPSA) is 43.2 Å². The zero-order valence-corrected chi connectivity index (χ0v) is 6.69. The van der Waals surface area contributed by atoms with Crippen LogP contribution < -0.4 is 0 Å². The maximum atomic E-state index is 5.39. The first-order valence-corrected chi connectivity index (χ1v) is 3.71. The van der Waals surface area contributed by atoms with Gasteiger partial charge >= 0.3 is 0 Å². The van der Waals surface area contributed by atoms with E-state index in [2.05, 4.69) is 23.9 Å².